The minimum Gasteiger partial charge on any atom is -0.459 e. The standard InChI is InChI=1S/C16H26O4/c1-8-15(9-2,10-3)16(11-4,20-14(7)18)12(5)19-13(6)17/h8-9,12H,1-2,10-11H2,3-7H3. The molecular formula is C16H26O4. The quantitative estimate of drug-likeness (QED) is 0.505. The maximum atomic E-state index is 11.6. The molecule has 0 N–H and O–H groups in total. The molecule has 0 rings (SSSR count). The summed E-state index contributed by atoms with van der Waals surface area (Å²) >= 11 is 0. The van der Waals surface area contributed by atoms with E-state index in [2.05, 4.69) is 13.2 Å². The third-order valence-corrected chi connectivity index (χ3v) is 3.95. The van der Waals surface area contributed by atoms with Gasteiger partial charge in [-0.25, -0.2) is 0 Å². The van der Waals surface area contributed by atoms with Crippen molar-refractivity contribution < 1.29 is 19.1 Å². The molecule has 0 aliphatic heterocycles. The van der Waals surface area contributed by atoms with Gasteiger partial charge >= 0.3 is 11.9 Å². The first-order valence-corrected chi connectivity index (χ1v) is 6.89. The molecule has 0 aromatic carbocycles. The van der Waals surface area contributed by atoms with Crippen LogP contribution >= 0.6 is 0 Å². The van der Waals surface area contributed by atoms with Crippen LogP contribution in [0, 0.1) is 5.41 Å². The lowest BCUT2D eigenvalue weighted by molar-refractivity contribution is -0.198. The fourth-order valence-corrected chi connectivity index (χ4v) is 2.86. The van der Waals surface area contributed by atoms with E-state index < -0.39 is 29.1 Å². The third-order valence-electron chi connectivity index (χ3n) is 3.95. The van der Waals surface area contributed by atoms with Gasteiger partial charge in [0.15, 0.2) is 5.60 Å². The van der Waals surface area contributed by atoms with Crippen LogP contribution in [0.3, 0.4) is 0 Å². The molecule has 0 aromatic rings. The zero-order valence-electron chi connectivity index (χ0n) is 13.2. The van der Waals surface area contributed by atoms with Crippen LogP contribution in [0.5, 0.6) is 0 Å². The summed E-state index contributed by atoms with van der Waals surface area (Å²) < 4.78 is 10.9. The van der Waals surface area contributed by atoms with E-state index in [9.17, 15) is 9.59 Å². The average molecular weight is 282 g/mol. The van der Waals surface area contributed by atoms with E-state index in [1.807, 2.05) is 13.8 Å². The fraction of sp³-hybridized carbons (Fsp3) is 0.625. The first-order chi connectivity index (χ1) is 9.25. The van der Waals surface area contributed by atoms with E-state index >= 15 is 0 Å². The molecule has 2 unspecified atom stereocenters. The summed E-state index contributed by atoms with van der Waals surface area (Å²) in [6.45, 7) is 16.0. The largest absolute Gasteiger partial charge is 0.459 e. The number of carbonyl (C=O) groups excluding carboxylic acids is 2. The summed E-state index contributed by atoms with van der Waals surface area (Å²) in [6, 6.07) is 0. The summed E-state index contributed by atoms with van der Waals surface area (Å²) in [7, 11) is 0. The molecule has 0 radical (unpaired) electrons. The van der Waals surface area contributed by atoms with Crippen LogP contribution in [0.15, 0.2) is 25.3 Å². The zero-order valence-corrected chi connectivity index (χ0v) is 13.2. The summed E-state index contributed by atoms with van der Waals surface area (Å²) in [4.78, 5) is 22.9. The van der Waals surface area contributed by atoms with Gasteiger partial charge in [0.1, 0.15) is 6.10 Å². The smallest absolute Gasteiger partial charge is 0.303 e. The van der Waals surface area contributed by atoms with E-state index in [1.165, 1.54) is 13.8 Å². The minimum absolute atomic E-state index is 0.416. The molecule has 0 fully saturated rings. The van der Waals surface area contributed by atoms with Crippen LogP contribution < -0.4 is 0 Å². The monoisotopic (exact) mass is 282 g/mol. The fourth-order valence-electron chi connectivity index (χ4n) is 2.86. The Kier molecular flexibility index (Phi) is 6.69. The molecule has 0 aromatic heterocycles. The second-order valence-electron chi connectivity index (χ2n) is 4.89. The van der Waals surface area contributed by atoms with Crippen molar-refractivity contribution in [3.05, 3.63) is 25.3 Å². The Morgan fingerprint density at radius 1 is 1.10 bits per heavy atom. The lowest BCUT2D eigenvalue weighted by atomic mass is 9.65. The van der Waals surface area contributed by atoms with Crippen molar-refractivity contribution in [2.75, 3.05) is 0 Å². The van der Waals surface area contributed by atoms with Crippen molar-refractivity contribution in [1.82, 2.24) is 0 Å². The second kappa shape index (κ2) is 7.27. The molecule has 0 saturated carbocycles. The highest BCUT2D eigenvalue weighted by atomic mass is 16.6. The molecule has 0 heterocycles. The van der Waals surface area contributed by atoms with Crippen molar-refractivity contribution in [1.29, 1.82) is 0 Å². The number of esters is 2. The highest BCUT2D eigenvalue weighted by molar-refractivity contribution is 5.68. The average Bonchev–Trinajstić information content (AvgIpc) is 2.38. The lowest BCUT2D eigenvalue weighted by Gasteiger charge is -2.48. The summed E-state index contributed by atoms with van der Waals surface area (Å²) in [6.07, 6.45) is 3.93. The van der Waals surface area contributed by atoms with Gasteiger partial charge in [0, 0.05) is 19.3 Å². The molecule has 4 heteroatoms. The van der Waals surface area contributed by atoms with Gasteiger partial charge in [0.25, 0.3) is 0 Å². The zero-order chi connectivity index (χ0) is 16.0. The van der Waals surface area contributed by atoms with Crippen molar-refractivity contribution in [2.45, 2.75) is 59.2 Å². The van der Waals surface area contributed by atoms with Crippen molar-refractivity contribution in [3.63, 3.8) is 0 Å². The second-order valence-corrected chi connectivity index (χ2v) is 4.89. The summed E-state index contributed by atoms with van der Waals surface area (Å²) in [5.41, 5.74) is -1.68. The molecule has 0 aliphatic carbocycles. The van der Waals surface area contributed by atoms with Gasteiger partial charge in [-0.05, 0) is 19.8 Å². The molecule has 2 atom stereocenters. The maximum absolute atomic E-state index is 11.6. The van der Waals surface area contributed by atoms with Gasteiger partial charge < -0.3 is 9.47 Å². The van der Waals surface area contributed by atoms with Gasteiger partial charge in [-0.2, -0.15) is 0 Å². The molecule has 114 valence electrons. The number of hydrogen-bond acceptors (Lipinski definition) is 4. The lowest BCUT2D eigenvalue weighted by Crippen LogP contribution is -2.57. The van der Waals surface area contributed by atoms with Gasteiger partial charge in [-0.3, -0.25) is 9.59 Å². The van der Waals surface area contributed by atoms with Crippen LogP contribution in [0.1, 0.15) is 47.5 Å². The molecule has 0 aliphatic rings. The van der Waals surface area contributed by atoms with Crippen molar-refractivity contribution in [3.8, 4) is 0 Å². The van der Waals surface area contributed by atoms with E-state index in [0.29, 0.717) is 12.8 Å². The topological polar surface area (TPSA) is 52.6 Å². The van der Waals surface area contributed by atoms with Crippen molar-refractivity contribution >= 4 is 11.9 Å². The molecule has 4 nitrogen and oxygen atoms in total. The molecular weight excluding hydrogens is 256 g/mol. The van der Waals surface area contributed by atoms with E-state index in [0.717, 1.165) is 0 Å². The first-order valence-electron chi connectivity index (χ1n) is 6.89. The third kappa shape index (κ3) is 3.30. The number of hydrogen-bond donors (Lipinski definition) is 0. The van der Waals surface area contributed by atoms with Gasteiger partial charge in [0.2, 0.25) is 0 Å². The highest BCUT2D eigenvalue weighted by Gasteiger charge is 2.53. The normalized spacial score (nSPS) is 15.7. The molecule has 0 spiro atoms. The van der Waals surface area contributed by atoms with E-state index in [4.69, 9.17) is 9.47 Å². The van der Waals surface area contributed by atoms with Gasteiger partial charge in [0.05, 0.1) is 0 Å². The molecule has 0 bridgehead atoms. The van der Waals surface area contributed by atoms with Crippen LogP contribution in [0.4, 0.5) is 0 Å². The van der Waals surface area contributed by atoms with Crippen molar-refractivity contribution in [2.24, 2.45) is 5.41 Å². The Morgan fingerprint density at radius 3 is 1.85 bits per heavy atom. The number of ether oxygens (including phenoxy) is 2. The Labute approximate surface area is 121 Å². The van der Waals surface area contributed by atoms with Gasteiger partial charge in [-0.15, -0.1) is 13.2 Å². The molecule has 0 saturated heterocycles. The molecule has 0 amide bonds. The summed E-state index contributed by atoms with van der Waals surface area (Å²) in [5.74, 6) is -0.840. The summed E-state index contributed by atoms with van der Waals surface area (Å²) in [5, 5.41) is 0. The molecule has 20 heavy (non-hydrogen) atoms. The maximum Gasteiger partial charge on any atom is 0.303 e. The van der Waals surface area contributed by atoms with Crippen LogP contribution in [-0.4, -0.2) is 23.6 Å². The number of carbonyl (C=O) groups is 2. The van der Waals surface area contributed by atoms with E-state index in [-0.39, 0.29) is 0 Å². The van der Waals surface area contributed by atoms with Gasteiger partial charge in [-0.1, -0.05) is 26.0 Å². The Balaban J connectivity index is 5.98. The Hall–Kier alpha value is -1.58. The SMILES string of the molecule is C=CC(C=C)(CC)C(CC)(OC(C)=O)C(C)OC(C)=O. The highest BCUT2D eigenvalue weighted by Crippen LogP contribution is 2.46. The van der Waals surface area contributed by atoms with Crippen LogP contribution in [0.2, 0.25) is 0 Å². The Bertz CT molecular complexity index is 378. The minimum atomic E-state index is -1.01. The Morgan fingerprint density at radius 2 is 1.60 bits per heavy atom. The van der Waals surface area contributed by atoms with E-state index in [1.54, 1.807) is 19.1 Å². The first kappa shape index (κ1) is 18.4. The van der Waals surface area contributed by atoms with Crippen LogP contribution in [-0.2, 0) is 19.1 Å². The predicted octanol–water partition coefficient (Wildman–Crippen LogP) is 3.42. The predicted molar refractivity (Wildman–Crippen MR) is 79.1 cm³/mol. The van der Waals surface area contributed by atoms with Crippen LogP contribution in [0.25, 0.3) is 0 Å². The number of rotatable bonds is 8.